The zero-order valence-corrected chi connectivity index (χ0v) is 13.0. The first-order chi connectivity index (χ1) is 9.47. The predicted molar refractivity (Wildman–Crippen MR) is 80.8 cm³/mol. The van der Waals surface area contributed by atoms with Crippen molar-refractivity contribution in [1.29, 1.82) is 0 Å². The number of hydrogen-bond donors (Lipinski definition) is 1. The van der Waals surface area contributed by atoms with Crippen LogP contribution in [0.25, 0.3) is 16.7 Å². The van der Waals surface area contributed by atoms with Crippen LogP contribution in [0.4, 0.5) is 14.7 Å². The van der Waals surface area contributed by atoms with E-state index in [4.69, 9.17) is 5.73 Å². The molecular formula is C13H7Br2F2N3. The standard InChI is InChI=1S/C13H7Br2F2N3/c14-7-4-12-10(5-9(7)17)19-13(18)20(12)11-2-1-6(16)3-8(11)15/h1-5H,(H2,18,19). The zero-order valence-electron chi connectivity index (χ0n) is 9.87. The summed E-state index contributed by atoms with van der Waals surface area (Å²) in [5, 5.41) is 0. The number of imidazole rings is 1. The molecule has 0 aliphatic carbocycles. The van der Waals surface area contributed by atoms with Gasteiger partial charge in [0.2, 0.25) is 5.95 Å². The minimum absolute atomic E-state index is 0.199. The number of rotatable bonds is 1. The van der Waals surface area contributed by atoms with Crippen LogP contribution in [-0.4, -0.2) is 9.55 Å². The average molecular weight is 403 g/mol. The monoisotopic (exact) mass is 401 g/mol. The van der Waals surface area contributed by atoms with Crippen molar-refractivity contribution < 1.29 is 8.78 Å². The Kier molecular flexibility index (Phi) is 3.25. The smallest absolute Gasteiger partial charge is 0.205 e. The summed E-state index contributed by atoms with van der Waals surface area (Å²) >= 11 is 6.43. The van der Waals surface area contributed by atoms with Crippen LogP contribution in [0.15, 0.2) is 39.3 Å². The van der Waals surface area contributed by atoms with Gasteiger partial charge in [-0.15, -0.1) is 0 Å². The van der Waals surface area contributed by atoms with E-state index in [-0.39, 0.29) is 11.8 Å². The SMILES string of the molecule is Nc1nc2cc(F)c(Br)cc2n1-c1ccc(F)cc1Br. The zero-order chi connectivity index (χ0) is 14.4. The molecule has 0 saturated heterocycles. The minimum atomic E-state index is -0.416. The summed E-state index contributed by atoms with van der Waals surface area (Å²) in [5.41, 5.74) is 7.58. The Morgan fingerprint density at radius 2 is 1.80 bits per heavy atom. The Morgan fingerprint density at radius 3 is 2.50 bits per heavy atom. The molecule has 3 aromatic rings. The van der Waals surface area contributed by atoms with Gasteiger partial charge in [-0.3, -0.25) is 4.57 Å². The summed E-state index contributed by atoms with van der Waals surface area (Å²) in [4.78, 5) is 4.12. The number of benzene rings is 2. The van der Waals surface area contributed by atoms with Crippen LogP contribution < -0.4 is 5.73 Å². The van der Waals surface area contributed by atoms with Gasteiger partial charge in [-0.1, -0.05) is 0 Å². The summed E-state index contributed by atoms with van der Waals surface area (Å²) in [5.74, 6) is -0.582. The van der Waals surface area contributed by atoms with Gasteiger partial charge in [0, 0.05) is 10.5 Å². The second-order valence-electron chi connectivity index (χ2n) is 4.16. The van der Waals surface area contributed by atoms with Crippen molar-refractivity contribution in [3.05, 3.63) is 50.9 Å². The maximum Gasteiger partial charge on any atom is 0.205 e. The van der Waals surface area contributed by atoms with E-state index in [9.17, 15) is 8.78 Å². The molecular weight excluding hydrogens is 396 g/mol. The highest BCUT2D eigenvalue weighted by Crippen LogP contribution is 2.31. The van der Waals surface area contributed by atoms with Crippen LogP contribution in [0, 0.1) is 11.6 Å². The lowest BCUT2D eigenvalue weighted by atomic mass is 10.2. The van der Waals surface area contributed by atoms with Crippen molar-refractivity contribution in [2.24, 2.45) is 0 Å². The lowest BCUT2D eigenvalue weighted by Gasteiger charge is -2.09. The van der Waals surface area contributed by atoms with Gasteiger partial charge < -0.3 is 5.73 Å². The quantitative estimate of drug-likeness (QED) is 0.655. The molecule has 2 aromatic carbocycles. The lowest BCUT2D eigenvalue weighted by molar-refractivity contribution is 0.623. The summed E-state index contributed by atoms with van der Waals surface area (Å²) < 4.78 is 29.2. The molecule has 0 unspecified atom stereocenters. The van der Waals surface area contributed by atoms with E-state index >= 15 is 0 Å². The van der Waals surface area contributed by atoms with Crippen molar-refractivity contribution in [3.8, 4) is 5.69 Å². The highest BCUT2D eigenvalue weighted by atomic mass is 79.9. The fraction of sp³-hybridized carbons (Fsp3) is 0. The maximum atomic E-state index is 13.5. The number of anilines is 1. The van der Waals surface area contributed by atoms with E-state index in [1.165, 1.54) is 18.2 Å². The summed E-state index contributed by atoms with van der Waals surface area (Å²) in [6.45, 7) is 0. The van der Waals surface area contributed by atoms with Crippen molar-refractivity contribution in [2.75, 3.05) is 5.73 Å². The van der Waals surface area contributed by atoms with Crippen molar-refractivity contribution >= 4 is 48.8 Å². The minimum Gasteiger partial charge on any atom is -0.369 e. The molecule has 0 bridgehead atoms. The van der Waals surface area contributed by atoms with Crippen LogP contribution in [0.5, 0.6) is 0 Å². The Balaban J connectivity index is 2.35. The molecule has 0 amide bonds. The lowest BCUT2D eigenvalue weighted by Crippen LogP contribution is -2.01. The molecule has 3 rings (SSSR count). The van der Waals surface area contributed by atoms with Crippen LogP contribution in [0.1, 0.15) is 0 Å². The van der Waals surface area contributed by atoms with E-state index in [1.54, 1.807) is 16.7 Å². The van der Waals surface area contributed by atoms with Crippen LogP contribution in [-0.2, 0) is 0 Å². The average Bonchev–Trinajstić information content (AvgIpc) is 2.66. The number of nitrogens with two attached hydrogens (primary N) is 1. The highest BCUT2D eigenvalue weighted by molar-refractivity contribution is 9.10. The Hall–Kier alpha value is -1.47. The van der Waals surface area contributed by atoms with Gasteiger partial charge in [0.1, 0.15) is 11.6 Å². The number of nitrogen functional groups attached to an aromatic ring is 1. The molecule has 0 fully saturated rings. The predicted octanol–water partition coefficient (Wildman–Crippen LogP) is 4.41. The third-order valence-electron chi connectivity index (χ3n) is 2.87. The third kappa shape index (κ3) is 2.10. The molecule has 20 heavy (non-hydrogen) atoms. The summed E-state index contributed by atoms with van der Waals surface area (Å²) in [6, 6.07) is 7.12. The first-order valence-corrected chi connectivity index (χ1v) is 7.14. The van der Waals surface area contributed by atoms with Crippen LogP contribution >= 0.6 is 31.9 Å². The van der Waals surface area contributed by atoms with Crippen molar-refractivity contribution in [3.63, 3.8) is 0 Å². The molecule has 0 radical (unpaired) electrons. The molecule has 0 aliphatic heterocycles. The number of halogens is 4. The summed E-state index contributed by atoms with van der Waals surface area (Å²) in [7, 11) is 0. The Labute approximate surface area is 129 Å². The van der Waals surface area contributed by atoms with Gasteiger partial charge >= 0.3 is 0 Å². The number of fused-ring (bicyclic) bond motifs is 1. The third-order valence-corrected chi connectivity index (χ3v) is 4.12. The van der Waals surface area contributed by atoms with Crippen molar-refractivity contribution in [1.82, 2.24) is 9.55 Å². The molecule has 3 nitrogen and oxygen atoms in total. The van der Waals surface area contributed by atoms with Gasteiger partial charge in [-0.25, -0.2) is 13.8 Å². The first kappa shape index (κ1) is 13.5. The van der Waals surface area contributed by atoms with Gasteiger partial charge in [-0.05, 0) is 56.1 Å². The first-order valence-electron chi connectivity index (χ1n) is 5.56. The number of aromatic nitrogens is 2. The van der Waals surface area contributed by atoms with Gasteiger partial charge in [-0.2, -0.15) is 0 Å². The molecule has 7 heteroatoms. The molecule has 0 saturated carbocycles. The molecule has 1 aromatic heterocycles. The number of hydrogen-bond acceptors (Lipinski definition) is 2. The molecule has 102 valence electrons. The maximum absolute atomic E-state index is 13.5. The van der Waals surface area contributed by atoms with Gasteiger partial charge in [0.15, 0.2) is 0 Å². The fourth-order valence-corrected chi connectivity index (χ4v) is 2.87. The van der Waals surface area contributed by atoms with E-state index in [0.717, 1.165) is 0 Å². The highest BCUT2D eigenvalue weighted by Gasteiger charge is 2.15. The fourth-order valence-electron chi connectivity index (χ4n) is 2.01. The largest absolute Gasteiger partial charge is 0.369 e. The Bertz CT molecular complexity index is 830. The van der Waals surface area contributed by atoms with E-state index in [0.29, 0.717) is 25.7 Å². The van der Waals surface area contributed by atoms with E-state index in [1.807, 2.05) is 0 Å². The molecule has 0 atom stereocenters. The second kappa shape index (κ2) is 4.82. The molecule has 0 aliphatic rings. The van der Waals surface area contributed by atoms with Crippen LogP contribution in [0.3, 0.4) is 0 Å². The van der Waals surface area contributed by atoms with E-state index < -0.39 is 5.82 Å². The normalized spacial score (nSPS) is 11.2. The molecule has 2 N–H and O–H groups in total. The van der Waals surface area contributed by atoms with Gasteiger partial charge in [0.05, 0.1) is 21.2 Å². The van der Waals surface area contributed by atoms with Gasteiger partial charge in [0.25, 0.3) is 0 Å². The van der Waals surface area contributed by atoms with Crippen molar-refractivity contribution in [2.45, 2.75) is 0 Å². The Morgan fingerprint density at radius 1 is 1.05 bits per heavy atom. The topological polar surface area (TPSA) is 43.8 Å². The number of nitrogens with zero attached hydrogens (tertiary/aromatic N) is 2. The van der Waals surface area contributed by atoms with Crippen LogP contribution in [0.2, 0.25) is 0 Å². The molecule has 1 heterocycles. The molecule has 0 spiro atoms. The van der Waals surface area contributed by atoms with E-state index in [2.05, 4.69) is 36.8 Å². The second-order valence-corrected chi connectivity index (χ2v) is 5.86. The summed E-state index contributed by atoms with van der Waals surface area (Å²) in [6.07, 6.45) is 0.